The van der Waals surface area contributed by atoms with Crippen LogP contribution in [0.25, 0.3) is 0 Å². The summed E-state index contributed by atoms with van der Waals surface area (Å²) in [5.74, 6) is -1.53. The predicted molar refractivity (Wildman–Crippen MR) is 104 cm³/mol. The highest BCUT2D eigenvalue weighted by Crippen LogP contribution is 2.52. The van der Waals surface area contributed by atoms with Crippen molar-refractivity contribution in [3.05, 3.63) is 58.9 Å². The molecule has 2 heterocycles. The molecule has 1 aliphatic heterocycles. The number of carbonyl (C=O) groups is 3. The summed E-state index contributed by atoms with van der Waals surface area (Å²) < 4.78 is 13.0. The molecule has 4 unspecified atom stereocenters. The van der Waals surface area contributed by atoms with Gasteiger partial charge in [0.15, 0.2) is 5.13 Å². The van der Waals surface area contributed by atoms with Crippen molar-refractivity contribution in [2.24, 2.45) is 23.7 Å². The molecule has 3 aliphatic rings. The first-order valence-electron chi connectivity index (χ1n) is 9.52. The van der Waals surface area contributed by atoms with Crippen LogP contribution in [0.3, 0.4) is 0 Å². The van der Waals surface area contributed by atoms with Crippen LogP contribution in [0.1, 0.15) is 16.9 Å². The van der Waals surface area contributed by atoms with E-state index in [4.69, 9.17) is 0 Å². The molecule has 2 aliphatic carbocycles. The highest BCUT2D eigenvalue weighted by Gasteiger charge is 2.59. The van der Waals surface area contributed by atoms with Gasteiger partial charge in [-0.05, 0) is 36.0 Å². The standard InChI is InChI=1S/C21H18FN3O3S/c22-14-5-1-11(2-6-14)7-15-9-23-21(29-15)24-16(26)10-25-19(27)17-12-3-4-13(8-12)18(17)20(25)28/h1-6,9,12-13,17-18H,7-8,10H2,(H,23,24,26). The maximum absolute atomic E-state index is 13.0. The Labute approximate surface area is 170 Å². The number of fused-ring (bicyclic) bond motifs is 5. The number of allylic oxidation sites excluding steroid dienone is 2. The van der Waals surface area contributed by atoms with Crippen LogP contribution in [0.2, 0.25) is 0 Å². The normalized spacial score (nSPS) is 27.0. The van der Waals surface area contributed by atoms with Gasteiger partial charge in [-0.2, -0.15) is 0 Å². The highest BCUT2D eigenvalue weighted by atomic mass is 32.1. The minimum atomic E-state index is -0.435. The molecule has 2 bridgehead atoms. The van der Waals surface area contributed by atoms with Gasteiger partial charge in [-0.1, -0.05) is 24.3 Å². The number of amides is 3. The van der Waals surface area contributed by atoms with Crippen molar-refractivity contribution >= 4 is 34.2 Å². The first-order chi connectivity index (χ1) is 14.0. The fourth-order valence-electron chi connectivity index (χ4n) is 4.67. The van der Waals surface area contributed by atoms with Gasteiger partial charge >= 0.3 is 0 Å². The van der Waals surface area contributed by atoms with Gasteiger partial charge in [-0.3, -0.25) is 19.3 Å². The molecule has 1 N–H and O–H groups in total. The maximum Gasteiger partial charge on any atom is 0.246 e. The smallest absolute Gasteiger partial charge is 0.246 e. The summed E-state index contributed by atoms with van der Waals surface area (Å²) in [7, 11) is 0. The average molecular weight is 411 g/mol. The van der Waals surface area contributed by atoms with E-state index in [1.807, 2.05) is 12.2 Å². The van der Waals surface area contributed by atoms with Crippen molar-refractivity contribution in [2.45, 2.75) is 12.8 Å². The number of hydrogen-bond acceptors (Lipinski definition) is 5. The lowest BCUT2D eigenvalue weighted by molar-refractivity contribution is -0.143. The van der Waals surface area contributed by atoms with Gasteiger partial charge in [0.1, 0.15) is 12.4 Å². The van der Waals surface area contributed by atoms with Crippen molar-refractivity contribution in [2.75, 3.05) is 11.9 Å². The molecule has 8 heteroatoms. The Balaban J connectivity index is 1.21. The number of thiazole rings is 1. The minimum absolute atomic E-state index is 0.127. The second-order valence-corrected chi connectivity index (χ2v) is 8.86. The van der Waals surface area contributed by atoms with E-state index in [-0.39, 0.29) is 47.8 Å². The molecule has 0 radical (unpaired) electrons. The topological polar surface area (TPSA) is 79.4 Å². The second kappa shape index (κ2) is 6.88. The zero-order valence-corrected chi connectivity index (χ0v) is 16.2. The van der Waals surface area contributed by atoms with Crippen molar-refractivity contribution < 1.29 is 18.8 Å². The maximum atomic E-state index is 13.0. The lowest BCUT2D eigenvalue weighted by atomic mass is 9.85. The summed E-state index contributed by atoms with van der Waals surface area (Å²) in [6.07, 6.45) is 7.15. The second-order valence-electron chi connectivity index (χ2n) is 7.75. The van der Waals surface area contributed by atoms with E-state index in [0.717, 1.165) is 21.8 Å². The Bertz CT molecular complexity index is 1000. The van der Waals surface area contributed by atoms with Gasteiger partial charge in [0.2, 0.25) is 17.7 Å². The van der Waals surface area contributed by atoms with E-state index in [1.165, 1.54) is 23.5 Å². The first kappa shape index (κ1) is 18.2. The van der Waals surface area contributed by atoms with E-state index in [2.05, 4.69) is 10.3 Å². The van der Waals surface area contributed by atoms with Crippen LogP contribution >= 0.6 is 11.3 Å². The van der Waals surface area contributed by atoms with Crippen LogP contribution in [0.5, 0.6) is 0 Å². The molecule has 148 valence electrons. The fourth-order valence-corrected chi connectivity index (χ4v) is 5.54. The molecule has 2 fully saturated rings. The molecule has 29 heavy (non-hydrogen) atoms. The Morgan fingerprint density at radius 3 is 2.45 bits per heavy atom. The number of carbonyl (C=O) groups excluding carboxylic acids is 3. The third-order valence-corrected chi connectivity index (χ3v) is 6.87. The number of imide groups is 1. The molecule has 1 saturated carbocycles. The van der Waals surface area contributed by atoms with Gasteiger partial charge in [-0.25, -0.2) is 9.37 Å². The van der Waals surface area contributed by atoms with Gasteiger partial charge in [0.25, 0.3) is 0 Å². The molecular weight excluding hydrogens is 393 g/mol. The van der Waals surface area contributed by atoms with Crippen LogP contribution < -0.4 is 5.32 Å². The van der Waals surface area contributed by atoms with E-state index in [0.29, 0.717) is 11.6 Å². The van der Waals surface area contributed by atoms with Crippen LogP contribution in [0.4, 0.5) is 9.52 Å². The molecular formula is C21H18FN3O3S. The number of halogens is 1. The van der Waals surface area contributed by atoms with Crippen LogP contribution in [-0.2, 0) is 20.8 Å². The van der Waals surface area contributed by atoms with E-state index in [9.17, 15) is 18.8 Å². The van der Waals surface area contributed by atoms with Crippen LogP contribution in [-0.4, -0.2) is 34.2 Å². The number of hydrogen-bond donors (Lipinski definition) is 1. The summed E-state index contributed by atoms with van der Waals surface area (Å²) in [6, 6.07) is 6.22. The van der Waals surface area contributed by atoms with E-state index < -0.39 is 5.91 Å². The molecule has 1 aromatic carbocycles. The van der Waals surface area contributed by atoms with E-state index >= 15 is 0 Å². The summed E-state index contributed by atoms with van der Waals surface area (Å²) in [5, 5.41) is 3.09. The summed E-state index contributed by atoms with van der Waals surface area (Å²) >= 11 is 1.31. The quantitative estimate of drug-likeness (QED) is 0.606. The number of anilines is 1. The zero-order chi connectivity index (χ0) is 20.1. The number of likely N-dealkylation sites (tertiary alicyclic amines) is 1. The molecule has 3 amide bonds. The number of aromatic nitrogens is 1. The van der Waals surface area contributed by atoms with Crippen molar-refractivity contribution in [3.63, 3.8) is 0 Å². The summed E-state index contributed by atoms with van der Waals surface area (Å²) in [6.45, 7) is -0.281. The molecule has 0 spiro atoms. The van der Waals surface area contributed by atoms with Crippen molar-refractivity contribution in [3.8, 4) is 0 Å². The Hall–Kier alpha value is -2.87. The van der Waals surface area contributed by atoms with E-state index in [1.54, 1.807) is 18.3 Å². The molecule has 6 nitrogen and oxygen atoms in total. The number of benzene rings is 1. The van der Waals surface area contributed by atoms with Crippen LogP contribution in [0.15, 0.2) is 42.6 Å². The van der Waals surface area contributed by atoms with Gasteiger partial charge in [-0.15, -0.1) is 11.3 Å². The van der Waals surface area contributed by atoms with Gasteiger partial charge in [0.05, 0.1) is 11.8 Å². The summed E-state index contributed by atoms with van der Waals surface area (Å²) in [5.41, 5.74) is 0.941. The van der Waals surface area contributed by atoms with Crippen LogP contribution in [0, 0.1) is 29.5 Å². The summed E-state index contributed by atoms with van der Waals surface area (Å²) in [4.78, 5) is 43.9. The third kappa shape index (κ3) is 3.17. The lowest BCUT2D eigenvalue weighted by Crippen LogP contribution is -2.39. The van der Waals surface area contributed by atoms with Gasteiger partial charge < -0.3 is 5.32 Å². The highest BCUT2D eigenvalue weighted by molar-refractivity contribution is 7.15. The number of nitrogens with one attached hydrogen (secondary N) is 1. The zero-order valence-electron chi connectivity index (χ0n) is 15.4. The number of nitrogens with zero attached hydrogens (tertiary/aromatic N) is 2. The Morgan fingerprint density at radius 1 is 1.14 bits per heavy atom. The molecule has 1 saturated heterocycles. The third-order valence-electron chi connectivity index (χ3n) is 5.95. The Kier molecular flexibility index (Phi) is 4.31. The molecule has 2 aromatic rings. The monoisotopic (exact) mass is 411 g/mol. The van der Waals surface area contributed by atoms with Crippen molar-refractivity contribution in [1.82, 2.24) is 9.88 Å². The minimum Gasteiger partial charge on any atom is -0.300 e. The fraction of sp³-hybridized carbons (Fsp3) is 0.333. The number of rotatable bonds is 5. The average Bonchev–Trinajstić information content (AvgIpc) is 3.46. The Morgan fingerprint density at radius 2 is 1.79 bits per heavy atom. The predicted octanol–water partition coefficient (Wildman–Crippen LogP) is 2.62. The molecule has 4 atom stereocenters. The van der Waals surface area contributed by atoms with Gasteiger partial charge in [0, 0.05) is 17.5 Å². The lowest BCUT2D eigenvalue weighted by Gasteiger charge is -2.16. The first-order valence-corrected chi connectivity index (χ1v) is 10.3. The SMILES string of the molecule is O=C(CN1C(=O)C2C3C=CC(C3)C2C1=O)Nc1ncc(Cc2ccc(F)cc2)s1. The largest absolute Gasteiger partial charge is 0.300 e. The van der Waals surface area contributed by atoms with Crippen molar-refractivity contribution in [1.29, 1.82) is 0 Å². The molecule has 5 rings (SSSR count). The molecule has 1 aromatic heterocycles.